The van der Waals surface area contributed by atoms with Gasteiger partial charge in [0.05, 0.1) is 6.61 Å². The van der Waals surface area contributed by atoms with Gasteiger partial charge in [0, 0.05) is 45.7 Å². The standard InChI is InChI=1S/C10H22N4O2/c1-13-5-7-14(8-6-13)4-2-10(15)12-3-9-16-11/h2-9,11H2,1H3,(H,12,15). The molecule has 1 rings (SSSR count). The first-order valence-corrected chi connectivity index (χ1v) is 5.71. The smallest absolute Gasteiger partial charge is 0.221 e. The van der Waals surface area contributed by atoms with Crippen LogP contribution in [-0.4, -0.2) is 68.6 Å². The molecule has 0 atom stereocenters. The Kier molecular flexibility index (Phi) is 6.32. The third kappa shape index (κ3) is 5.41. The summed E-state index contributed by atoms with van der Waals surface area (Å²) in [6.45, 7) is 5.96. The Bertz CT molecular complexity index is 205. The van der Waals surface area contributed by atoms with Gasteiger partial charge < -0.3 is 20.0 Å². The third-order valence-electron chi connectivity index (χ3n) is 2.79. The molecule has 0 radical (unpaired) electrons. The molecule has 0 aliphatic carbocycles. The lowest BCUT2D eigenvalue weighted by Gasteiger charge is -2.32. The summed E-state index contributed by atoms with van der Waals surface area (Å²) in [6, 6.07) is 0. The van der Waals surface area contributed by atoms with Gasteiger partial charge in [-0.1, -0.05) is 0 Å². The van der Waals surface area contributed by atoms with Crippen LogP contribution in [0.1, 0.15) is 6.42 Å². The van der Waals surface area contributed by atoms with Crippen LogP contribution in [0, 0.1) is 0 Å². The number of nitrogens with two attached hydrogens (primary N) is 1. The number of hydrogen-bond acceptors (Lipinski definition) is 5. The quantitative estimate of drug-likeness (QED) is 0.435. The van der Waals surface area contributed by atoms with E-state index < -0.39 is 0 Å². The highest BCUT2D eigenvalue weighted by molar-refractivity contribution is 5.76. The average molecular weight is 230 g/mol. The fourth-order valence-electron chi connectivity index (χ4n) is 1.67. The van der Waals surface area contributed by atoms with Crippen molar-refractivity contribution in [2.45, 2.75) is 6.42 Å². The molecule has 0 aromatic carbocycles. The molecular weight excluding hydrogens is 208 g/mol. The molecule has 0 aromatic heterocycles. The molecule has 94 valence electrons. The predicted octanol–water partition coefficient (Wildman–Crippen LogP) is -1.37. The Balaban J connectivity index is 2.03. The second-order valence-electron chi connectivity index (χ2n) is 4.12. The number of hydrogen-bond donors (Lipinski definition) is 2. The van der Waals surface area contributed by atoms with Crippen LogP contribution in [0.15, 0.2) is 0 Å². The molecule has 6 heteroatoms. The van der Waals surface area contributed by atoms with Crippen LogP contribution in [0.2, 0.25) is 0 Å². The van der Waals surface area contributed by atoms with Crippen LogP contribution in [0.5, 0.6) is 0 Å². The van der Waals surface area contributed by atoms with Crippen molar-refractivity contribution >= 4 is 5.91 Å². The van der Waals surface area contributed by atoms with Crippen molar-refractivity contribution in [3.05, 3.63) is 0 Å². The number of carbonyl (C=O) groups excluding carboxylic acids is 1. The van der Waals surface area contributed by atoms with Crippen molar-refractivity contribution in [2.75, 3.05) is 52.9 Å². The maximum absolute atomic E-state index is 11.4. The summed E-state index contributed by atoms with van der Waals surface area (Å²) in [7, 11) is 2.12. The second kappa shape index (κ2) is 7.56. The van der Waals surface area contributed by atoms with Crippen LogP contribution in [0.3, 0.4) is 0 Å². The normalized spacial score (nSPS) is 18.6. The third-order valence-corrected chi connectivity index (χ3v) is 2.79. The van der Waals surface area contributed by atoms with Crippen molar-refractivity contribution in [1.29, 1.82) is 0 Å². The van der Waals surface area contributed by atoms with Gasteiger partial charge in [-0.25, -0.2) is 5.90 Å². The second-order valence-corrected chi connectivity index (χ2v) is 4.12. The van der Waals surface area contributed by atoms with Gasteiger partial charge in [-0.3, -0.25) is 4.79 Å². The molecule has 0 unspecified atom stereocenters. The van der Waals surface area contributed by atoms with E-state index in [-0.39, 0.29) is 5.91 Å². The van der Waals surface area contributed by atoms with Crippen molar-refractivity contribution < 1.29 is 9.63 Å². The average Bonchev–Trinajstić information content (AvgIpc) is 2.29. The van der Waals surface area contributed by atoms with E-state index in [1.54, 1.807) is 0 Å². The number of likely N-dealkylation sites (N-methyl/N-ethyl adjacent to an activating group) is 1. The van der Waals surface area contributed by atoms with E-state index in [1.165, 1.54) is 0 Å². The van der Waals surface area contributed by atoms with E-state index in [1.807, 2.05) is 0 Å². The number of nitrogens with zero attached hydrogens (tertiary/aromatic N) is 2. The Labute approximate surface area is 96.7 Å². The van der Waals surface area contributed by atoms with Crippen LogP contribution in [0.4, 0.5) is 0 Å². The van der Waals surface area contributed by atoms with E-state index >= 15 is 0 Å². The summed E-state index contributed by atoms with van der Waals surface area (Å²) >= 11 is 0. The van der Waals surface area contributed by atoms with Crippen molar-refractivity contribution in [3.8, 4) is 0 Å². The zero-order valence-electron chi connectivity index (χ0n) is 9.95. The van der Waals surface area contributed by atoms with Crippen LogP contribution in [0.25, 0.3) is 0 Å². The van der Waals surface area contributed by atoms with E-state index in [0.29, 0.717) is 19.6 Å². The SMILES string of the molecule is CN1CCN(CCC(=O)NCCON)CC1. The number of piperazine rings is 1. The molecule has 1 saturated heterocycles. The number of rotatable bonds is 6. The van der Waals surface area contributed by atoms with Gasteiger partial charge in [0.25, 0.3) is 0 Å². The predicted molar refractivity (Wildman–Crippen MR) is 61.7 cm³/mol. The minimum absolute atomic E-state index is 0.0657. The molecule has 16 heavy (non-hydrogen) atoms. The first-order chi connectivity index (χ1) is 7.72. The topological polar surface area (TPSA) is 70.8 Å². The lowest BCUT2D eigenvalue weighted by atomic mass is 10.3. The molecule has 3 N–H and O–H groups in total. The zero-order valence-corrected chi connectivity index (χ0v) is 9.95. The molecule has 0 aromatic rings. The van der Waals surface area contributed by atoms with Gasteiger partial charge in [-0.2, -0.15) is 0 Å². The Morgan fingerprint density at radius 3 is 2.69 bits per heavy atom. The minimum Gasteiger partial charge on any atom is -0.354 e. The summed E-state index contributed by atoms with van der Waals surface area (Å²) < 4.78 is 0. The zero-order chi connectivity index (χ0) is 11.8. The molecule has 1 amide bonds. The molecule has 1 heterocycles. The first-order valence-electron chi connectivity index (χ1n) is 5.71. The van der Waals surface area contributed by atoms with E-state index in [2.05, 4.69) is 27.0 Å². The largest absolute Gasteiger partial charge is 0.354 e. The van der Waals surface area contributed by atoms with Crippen molar-refractivity contribution in [1.82, 2.24) is 15.1 Å². The number of nitrogens with one attached hydrogen (secondary N) is 1. The van der Waals surface area contributed by atoms with Gasteiger partial charge in [0.15, 0.2) is 0 Å². The Morgan fingerprint density at radius 1 is 1.38 bits per heavy atom. The van der Waals surface area contributed by atoms with Crippen LogP contribution < -0.4 is 11.2 Å². The van der Waals surface area contributed by atoms with Gasteiger partial charge in [-0.05, 0) is 7.05 Å². The monoisotopic (exact) mass is 230 g/mol. The van der Waals surface area contributed by atoms with E-state index in [4.69, 9.17) is 5.90 Å². The highest BCUT2D eigenvalue weighted by Crippen LogP contribution is 1.99. The molecular formula is C10H22N4O2. The maximum atomic E-state index is 11.4. The van der Waals surface area contributed by atoms with Gasteiger partial charge >= 0.3 is 0 Å². The van der Waals surface area contributed by atoms with Gasteiger partial charge in [0.1, 0.15) is 0 Å². The van der Waals surface area contributed by atoms with Crippen molar-refractivity contribution in [2.24, 2.45) is 5.90 Å². The highest BCUT2D eigenvalue weighted by atomic mass is 16.6. The molecule has 6 nitrogen and oxygen atoms in total. The number of carbonyl (C=O) groups is 1. The minimum atomic E-state index is 0.0657. The molecule has 1 aliphatic heterocycles. The summed E-state index contributed by atoms with van der Waals surface area (Å²) in [4.78, 5) is 20.4. The summed E-state index contributed by atoms with van der Waals surface area (Å²) in [5.74, 6) is 4.92. The summed E-state index contributed by atoms with van der Waals surface area (Å²) in [5.41, 5.74) is 0. The molecule has 1 fully saturated rings. The highest BCUT2D eigenvalue weighted by Gasteiger charge is 2.14. The first kappa shape index (κ1) is 13.4. The summed E-state index contributed by atoms with van der Waals surface area (Å²) in [6.07, 6.45) is 0.550. The van der Waals surface area contributed by atoms with Gasteiger partial charge in [-0.15, -0.1) is 0 Å². The van der Waals surface area contributed by atoms with E-state index in [0.717, 1.165) is 32.7 Å². The molecule has 0 saturated carbocycles. The maximum Gasteiger partial charge on any atom is 0.221 e. The summed E-state index contributed by atoms with van der Waals surface area (Å²) in [5, 5.41) is 2.75. The molecule has 0 spiro atoms. The van der Waals surface area contributed by atoms with Crippen LogP contribution >= 0.6 is 0 Å². The Hall–Kier alpha value is -0.690. The Morgan fingerprint density at radius 2 is 2.06 bits per heavy atom. The van der Waals surface area contributed by atoms with Crippen LogP contribution in [-0.2, 0) is 9.63 Å². The van der Waals surface area contributed by atoms with Gasteiger partial charge in [0.2, 0.25) is 5.91 Å². The lowest BCUT2D eigenvalue weighted by molar-refractivity contribution is -0.121. The van der Waals surface area contributed by atoms with E-state index in [9.17, 15) is 4.79 Å². The lowest BCUT2D eigenvalue weighted by Crippen LogP contribution is -2.45. The fraction of sp³-hybridized carbons (Fsp3) is 0.900. The van der Waals surface area contributed by atoms with Crippen molar-refractivity contribution in [3.63, 3.8) is 0 Å². The fourth-order valence-corrected chi connectivity index (χ4v) is 1.67. The number of amides is 1. The molecule has 1 aliphatic rings. The molecule has 0 bridgehead atoms.